The molecule has 0 amide bonds. The molecule has 0 radical (unpaired) electrons. The molecular formula is C16H15F3O2. The average Bonchev–Trinajstić information content (AvgIpc) is 2.43. The van der Waals surface area contributed by atoms with Crippen LogP contribution in [-0.4, -0.2) is 18.3 Å². The molecule has 0 fully saturated rings. The summed E-state index contributed by atoms with van der Waals surface area (Å²) >= 11 is 0. The van der Waals surface area contributed by atoms with Gasteiger partial charge >= 0.3 is 0 Å². The van der Waals surface area contributed by atoms with E-state index in [0.717, 1.165) is 12.1 Å². The highest BCUT2D eigenvalue weighted by Gasteiger charge is 2.11. The van der Waals surface area contributed by atoms with Crippen molar-refractivity contribution >= 4 is 0 Å². The molecule has 0 aliphatic carbocycles. The van der Waals surface area contributed by atoms with E-state index in [9.17, 15) is 18.3 Å². The van der Waals surface area contributed by atoms with Crippen molar-refractivity contribution in [2.45, 2.75) is 18.9 Å². The Labute approximate surface area is 120 Å². The van der Waals surface area contributed by atoms with Gasteiger partial charge in [0.15, 0.2) is 23.2 Å². The maximum Gasteiger partial charge on any atom is 0.165 e. The summed E-state index contributed by atoms with van der Waals surface area (Å²) in [5.41, 5.74) is 1.08. The van der Waals surface area contributed by atoms with E-state index in [1.165, 1.54) is 25.3 Å². The number of halogens is 3. The van der Waals surface area contributed by atoms with Crippen LogP contribution in [0.3, 0.4) is 0 Å². The van der Waals surface area contributed by atoms with Crippen LogP contribution in [0.2, 0.25) is 0 Å². The zero-order valence-corrected chi connectivity index (χ0v) is 11.4. The van der Waals surface area contributed by atoms with E-state index < -0.39 is 23.6 Å². The van der Waals surface area contributed by atoms with E-state index in [1.54, 1.807) is 6.07 Å². The van der Waals surface area contributed by atoms with Gasteiger partial charge in [-0.15, -0.1) is 0 Å². The largest absolute Gasteiger partial charge is 0.494 e. The molecule has 5 heteroatoms. The van der Waals surface area contributed by atoms with Crippen molar-refractivity contribution in [2.24, 2.45) is 0 Å². The predicted octanol–water partition coefficient (Wildman–Crippen LogP) is 3.26. The Kier molecular flexibility index (Phi) is 4.85. The molecule has 2 aromatic rings. The highest BCUT2D eigenvalue weighted by atomic mass is 19.2. The maximum atomic E-state index is 13.5. The van der Waals surface area contributed by atoms with Gasteiger partial charge in [-0.1, -0.05) is 12.1 Å². The van der Waals surface area contributed by atoms with Gasteiger partial charge < -0.3 is 9.84 Å². The van der Waals surface area contributed by atoms with Crippen LogP contribution in [0.15, 0.2) is 36.4 Å². The van der Waals surface area contributed by atoms with Gasteiger partial charge in [0.25, 0.3) is 0 Å². The summed E-state index contributed by atoms with van der Waals surface area (Å²) in [5, 5.41) is 9.96. The van der Waals surface area contributed by atoms with Crippen molar-refractivity contribution in [1.29, 1.82) is 0 Å². The molecule has 1 unspecified atom stereocenters. The normalized spacial score (nSPS) is 12.2. The number of aliphatic hydroxyl groups is 1. The smallest absolute Gasteiger partial charge is 0.165 e. The summed E-state index contributed by atoms with van der Waals surface area (Å²) in [6.07, 6.45) is -0.451. The number of ether oxygens (including phenoxy) is 1. The van der Waals surface area contributed by atoms with E-state index in [4.69, 9.17) is 4.74 Å². The van der Waals surface area contributed by atoms with Gasteiger partial charge in [-0.2, -0.15) is 0 Å². The van der Waals surface area contributed by atoms with E-state index in [2.05, 4.69) is 0 Å². The van der Waals surface area contributed by atoms with Gasteiger partial charge in [0, 0.05) is 0 Å². The SMILES string of the molecule is COc1ccc(CC(O)Cc2ccc(F)c(F)c2)cc1F. The van der Waals surface area contributed by atoms with Gasteiger partial charge in [0.1, 0.15) is 0 Å². The van der Waals surface area contributed by atoms with Crippen LogP contribution < -0.4 is 4.74 Å². The summed E-state index contributed by atoms with van der Waals surface area (Å²) in [4.78, 5) is 0. The lowest BCUT2D eigenvalue weighted by Crippen LogP contribution is -2.14. The molecule has 1 atom stereocenters. The number of rotatable bonds is 5. The molecule has 0 aromatic heterocycles. The Bertz CT molecular complexity index is 629. The number of aliphatic hydroxyl groups excluding tert-OH is 1. The molecule has 0 bridgehead atoms. The Morgan fingerprint density at radius 3 is 2.00 bits per heavy atom. The second-order valence-corrected chi connectivity index (χ2v) is 4.78. The van der Waals surface area contributed by atoms with Crippen molar-refractivity contribution in [3.8, 4) is 5.75 Å². The minimum Gasteiger partial charge on any atom is -0.494 e. The van der Waals surface area contributed by atoms with Gasteiger partial charge in [-0.05, 0) is 48.2 Å². The molecular weight excluding hydrogens is 281 g/mol. The molecule has 0 heterocycles. The lowest BCUT2D eigenvalue weighted by atomic mass is 10.0. The lowest BCUT2D eigenvalue weighted by molar-refractivity contribution is 0.175. The van der Waals surface area contributed by atoms with Crippen LogP contribution >= 0.6 is 0 Å². The number of hydrogen-bond donors (Lipinski definition) is 1. The first kappa shape index (κ1) is 15.4. The van der Waals surface area contributed by atoms with Gasteiger partial charge in [-0.25, -0.2) is 13.2 Å². The highest BCUT2D eigenvalue weighted by Crippen LogP contribution is 2.19. The van der Waals surface area contributed by atoms with Crippen LogP contribution in [0.1, 0.15) is 11.1 Å². The van der Waals surface area contributed by atoms with Gasteiger partial charge in [0.2, 0.25) is 0 Å². The topological polar surface area (TPSA) is 29.5 Å². The standard InChI is InChI=1S/C16H15F3O2/c1-21-16-5-3-11(9-15(16)19)7-12(20)6-10-2-4-13(17)14(18)8-10/h2-5,8-9,12,20H,6-7H2,1H3. The third-order valence-corrected chi connectivity index (χ3v) is 3.14. The van der Waals surface area contributed by atoms with Gasteiger partial charge in [-0.3, -0.25) is 0 Å². The number of benzene rings is 2. The number of methoxy groups -OCH3 is 1. The first-order valence-corrected chi connectivity index (χ1v) is 6.44. The Balaban J connectivity index is 2.02. The lowest BCUT2D eigenvalue weighted by Gasteiger charge is -2.12. The summed E-state index contributed by atoms with van der Waals surface area (Å²) in [6, 6.07) is 7.90. The van der Waals surface area contributed by atoms with E-state index in [1.807, 2.05) is 0 Å². The molecule has 112 valence electrons. The maximum absolute atomic E-state index is 13.5. The van der Waals surface area contributed by atoms with Crippen LogP contribution in [0, 0.1) is 17.5 Å². The zero-order valence-electron chi connectivity index (χ0n) is 11.4. The van der Waals surface area contributed by atoms with Crippen molar-refractivity contribution in [3.05, 3.63) is 65.0 Å². The zero-order chi connectivity index (χ0) is 15.4. The fourth-order valence-electron chi connectivity index (χ4n) is 2.12. The molecule has 1 N–H and O–H groups in total. The first-order valence-electron chi connectivity index (χ1n) is 6.44. The van der Waals surface area contributed by atoms with Crippen molar-refractivity contribution in [2.75, 3.05) is 7.11 Å². The van der Waals surface area contributed by atoms with Crippen molar-refractivity contribution < 1.29 is 23.0 Å². The average molecular weight is 296 g/mol. The molecule has 0 aliphatic rings. The fraction of sp³-hybridized carbons (Fsp3) is 0.250. The highest BCUT2D eigenvalue weighted by molar-refractivity contribution is 5.30. The molecule has 21 heavy (non-hydrogen) atoms. The molecule has 2 rings (SSSR count). The summed E-state index contributed by atoms with van der Waals surface area (Å²) in [6.45, 7) is 0. The second-order valence-electron chi connectivity index (χ2n) is 4.78. The molecule has 0 saturated carbocycles. The third-order valence-electron chi connectivity index (χ3n) is 3.14. The predicted molar refractivity (Wildman–Crippen MR) is 72.7 cm³/mol. The monoisotopic (exact) mass is 296 g/mol. The van der Waals surface area contributed by atoms with Gasteiger partial charge in [0.05, 0.1) is 13.2 Å². The van der Waals surface area contributed by atoms with E-state index >= 15 is 0 Å². The summed E-state index contributed by atoms with van der Waals surface area (Å²) in [5.74, 6) is -2.25. The summed E-state index contributed by atoms with van der Waals surface area (Å²) < 4.78 is 44.2. The van der Waals surface area contributed by atoms with Crippen LogP contribution in [0.5, 0.6) is 5.75 Å². The minimum atomic E-state index is -0.949. The van der Waals surface area contributed by atoms with E-state index in [-0.39, 0.29) is 18.6 Å². The molecule has 0 spiro atoms. The minimum absolute atomic E-state index is 0.133. The number of hydrogen-bond acceptors (Lipinski definition) is 2. The fourth-order valence-corrected chi connectivity index (χ4v) is 2.12. The molecule has 0 aliphatic heterocycles. The first-order chi connectivity index (χ1) is 9.99. The quantitative estimate of drug-likeness (QED) is 0.917. The Morgan fingerprint density at radius 2 is 1.48 bits per heavy atom. The molecule has 0 saturated heterocycles. The second kappa shape index (κ2) is 6.63. The van der Waals surface area contributed by atoms with E-state index in [0.29, 0.717) is 11.1 Å². The van der Waals surface area contributed by atoms with Crippen LogP contribution in [0.4, 0.5) is 13.2 Å². The molecule has 2 nitrogen and oxygen atoms in total. The Morgan fingerprint density at radius 1 is 0.905 bits per heavy atom. The van der Waals surface area contributed by atoms with Crippen LogP contribution in [-0.2, 0) is 12.8 Å². The van der Waals surface area contributed by atoms with Crippen LogP contribution in [0.25, 0.3) is 0 Å². The summed E-state index contributed by atoms with van der Waals surface area (Å²) in [7, 11) is 1.37. The Hall–Kier alpha value is -2.01. The van der Waals surface area contributed by atoms with Crippen molar-refractivity contribution in [3.63, 3.8) is 0 Å². The van der Waals surface area contributed by atoms with Crippen molar-refractivity contribution in [1.82, 2.24) is 0 Å². The molecule has 2 aromatic carbocycles. The third kappa shape index (κ3) is 3.98.